The highest BCUT2D eigenvalue weighted by Crippen LogP contribution is 2.29. The maximum absolute atomic E-state index is 12.7. The van der Waals surface area contributed by atoms with Crippen LogP contribution in [-0.2, 0) is 19.3 Å². The molecule has 7 nitrogen and oxygen atoms in total. The quantitative estimate of drug-likeness (QED) is 0.829. The summed E-state index contributed by atoms with van der Waals surface area (Å²) >= 11 is 0. The Balaban J connectivity index is 1.86. The van der Waals surface area contributed by atoms with Gasteiger partial charge in [0, 0.05) is 13.1 Å². The first-order valence-corrected chi connectivity index (χ1v) is 5.77. The molecule has 2 aromatic heterocycles. The third kappa shape index (κ3) is 2.12. The molecular weight excluding hydrogens is 275 g/mol. The van der Waals surface area contributed by atoms with Gasteiger partial charge in [-0.05, 0) is 0 Å². The summed E-state index contributed by atoms with van der Waals surface area (Å²) < 4.78 is 39.2. The standard InChI is InChI=1S/C10H10F3N7/c11-10(12,13)8-18-17-7-5-19(1-2-20(7)8)9-15-3-6(14)4-16-9/h3-4H,1-2,5,14H2. The summed E-state index contributed by atoms with van der Waals surface area (Å²) in [5.41, 5.74) is 5.91. The molecule has 1 aliphatic rings. The largest absolute Gasteiger partial charge is 0.451 e. The maximum atomic E-state index is 12.7. The zero-order valence-electron chi connectivity index (χ0n) is 10.2. The van der Waals surface area contributed by atoms with Gasteiger partial charge in [-0.1, -0.05) is 0 Å². The number of nitrogen functional groups attached to an aromatic ring is 1. The number of anilines is 2. The lowest BCUT2D eigenvalue weighted by atomic mass is 10.3. The normalized spacial score (nSPS) is 15.2. The van der Waals surface area contributed by atoms with Gasteiger partial charge in [-0.3, -0.25) is 0 Å². The van der Waals surface area contributed by atoms with E-state index in [0.29, 0.717) is 18.2 Å². The van der Waals surface area contributed by atoms with E-state index in [0.717, 1.165) is 4.57 Å². The van der Waals surface area contributed by atoms with Crippen LogP contribution < -0.4 is 10.6 Å². The SMILES string of the molecule is Nc1cnc(N2CCn3c(nnc3C(F)(F)F)C2)nc1. The van der Waals surface area contributed by atoms with Gasteiger partial charge in [-0.2, -0.15) is 13.2 Å². The predicted octanol–water partition coefficient (Wildman–Crippen LogP) is 0.689. The molecule has 106 valence electrons. The van der Waals surface area contributed by atoms with Crippen molar-refractivity contribution >= 4 is 11.6 Å². The first-order valence-electron chi connectivity index (χ1n) is 5.77. The van der Waals surface area contributed by atoms with E-state index in [1.165, 1.54) is 12.4 Å². The van der Waals surface area contributed by atoms with Gasteiger partial charge in [0.15, 0.2) is 5.82 Å². The summed E-state index contributed by atoms with van der Waals surface area (Å²) in [6.45, 7) is 0.649. The van der Waals surface area contributed by atoms with Crippen molar-refractivity contribution < 1.29 is 13.2 Å². The van der Waals surface area contributed by atoms with Crippen LogP contribution in [0.15, 0.2) is 12.4 Å². The zero-order valence-corrected chi connectivity index (χ0v) is 10.2. The number of rotatable bonds is 1. The minimum absolute atomic E-state index is 0.130. The Morgan fingerprint density at radius 2 is 1.80 bits per heavy atom. The van der Waals surface area contributed by atoms with Crippen molar-refractivity contribution in [2.45, 2.75) is 19.3 Å². The fourth-order valence-electron chi connectivity index (χ4n) is 2.03. The lowest BCUT2D eigenvalue weighted by Crippen LogP contribution is -2.36. The molecule has 0 saturated heterocycles. The number of halogens is 3. The molecule has 0 radical (unpaired) electrons. The smallest absolute Gasteiger partial charge is 0.396 e. The highest BCUT2D eigenvalue weighted by molar-refractivity contribution is 5.38. The summed E-state index contributed by atoms with van der Waals surface area (Å²) in [5, 5.41) is 6.80. The second kappa shape index (κ2) is 4.32. The fourth-order valence-corrected chi connectivity index (χ4v) is 2.03. The van der Waals surface area contributed by atoms with Crippen LogP contribution in [-0.4, -0.2) is 31.3 Å². The number of aromatic nitrogens is 5. The number of fused-ring (bicyclic) bond motifs is 1. The number of nitrogens with zero attached hydrogens (tertiary/aromatic N) is 6. The van der Waals surface area contributed by atoms with E-state index in [1.54, 1.807) is 4.90 Å². The van der Waals surface area contributed by atoms with Crippen LogP contribution in [0.25, 0.3) is 0 Å². The van der Waals surface area contributed by atoms with Crippen LogP contribution in [0.3, 0.4) is 0 Å². The van der Waals surface area contributed by atoms with Crippen molar-refractivity contribution in [3.8, 4) is 0 Å². The molecular formula is C10H10F3N7. The van der Waals surface area contributed by atoms with Crippen LogP contribution in [0.1, 0.15) is 11.6 Å². The van der Waals surface area contributed by atoms with E-state index in [9.17, 15) is 13.2 Å². The van der Waals surface area contributed by atoms with Crippen molar-refractivity contribution in [3.63, 3.8) is 0 Å². The molecule has 0 aliphatic carbocycles. The molecule has 0 atom stereocenters. The van der Waals surface area contributed by atoms with Crippen molar-refractivity contribution in [2.75, 3.05) is 17.2 Å². The number of nitrogens with two attached hydrogens (primary N) is 1. The van der Waals surface area contributed by atoms with E-state index in [-0.39, 0.29) is 18.9 Å². The summed E-state index contributed by atoms with van der Waals surface area (Å²) in [4.78, 5) is 9.81. The molecule has 0 amide bonds. The van der Waals surface area contributed by atoms with Gasteiger partial charge in [0.25, 0.3) is 0 Å². The fraction of sp³-hybridized carbons (Fsp3) is 0.400. The van der Waals surface area contributed by atoms with Crippen molar-refractivity contribution in [1.82, 2.24) is 24.7 Å². The Kier molecular flexibility index (Phi) is 2.73. The maximum Gasteiger partial charge on any atom is 0.451 e. The van der Waals surface area contributed by atoms with E-state index in [4.69, 9.17) is 5.73 Å². The van der Waals surface area contributed by atoms with Gasteiger partial charge in [0.05, 0.1) is 24.6 Å². The van der Waals surface area contributed by atoms with Crippen LogP contribution >= 0.6 is 0 Å². The zero-order chi connectivity index (χ0) is 14.3. The van der Waals surface area contributed by atoms with Gasteiger partial charge in [0.2, 0.25) is 11.8 Å². The molecule has 2 N–H and O–H groups in total. The minimum Gasteiger partial charge on any atom is -0.396 e. The molecule has 20 heavy (non-hydrogen) atoms. The third-order valence-electron chi connectivity index (χ3n) is 2.95. The summed E-state index contributed by atoms with van der Waals surface area (Å²) in [6.07, 6.45) is -1.60. The Morgan fingerprint density at radius 3 is 2.45 bits per heavy atom. The van der Waals surface area contributed by atoms with E-state index < -0.39 is 12.0 Å². The minimum atomic E-state index is -4.49. The van der Waals surface area contributed by atoms with Crippen LogP contribution in [0.4, 0.5) is 24.8 Å². The predicted molar refractivity (Wildman–Crippen MR) is 62.5 cm³/mol. The Morgan fingerprint density at radius 1 is 1.10 bits per heavy atom. The topological polar surface area (TPSA) is 85.8 Å². The third-order valence-corrected chi connectivity index (χ3v) is 2.95. The van der Waals surface area contributed by atoms with Gasteiger partial charge >= 0.3 is 6.18 Å². The van der Waals surface area contributed by atoms with Gasteiger partial charge in [-0.15, -0.1) is 10.2 Å². The van der Waals surface area contributed by atoms with Crippen molar-refractivity contribution in [2.24, 2.45) is 0 Å². The molecule has 0 spiro atoms. The molecule has 2 aromatic rings. The molecule has 0 saturated carbocycles. The molecule has 3 rings (SSSR count). The Bertz CT molecular complexity index is 619. The second-order valence-electron chi connectivity index (χ2n) is 4.33. The van der Waals surface area contributed by atoms with Crippen LogP contribution in [0.2, 0.25) is 0 Å². The van der Waals surface area contributed by atoms with Crippen molar-refractivity contribution in [1.29, 1.82) is 0 Å². The second-order valence-corrected chi connectivity index (χ2v) is 4.33. The summed E-state index contributed by atoms with van der Waals surface area (Å²) in [7, 11) is 0. The molecule has 0 unspecified atom stereocenters. The van der Waals surface area contributed by atoms with E-state index >= 15 is 0 Å². The first kappa shape index (κ1) is 12.6. The highest BCUT2D eigenvalue weighted by atomic mass is 19.4. The summed E-state index contributed by atoms with van der Waals surface area (Å²) in [6, 6.07) is 0. The van der Waals surface area contributed by atoms with E-state index in [2.05, 4.69) is 20.2 Å². The Hall–Kier alpha value is -2.39. The van der Waals surface area contributed by atoms with Crippen LogP contribution in [0, 0.1) is 0 Å². The average Bonchev–Trinajstić information content (AvgIpc) is 2.82. The van der Waals surface area contributed by atoms with Crippen molar-refractivity contribution in [3.05, 3.63) is 24.0 Å². The number of hydrogen-bond donors (Lipinski definition) is 1. The van der Waals surface area contributed by atoms with E-state index in [1.807, 2.05) is 0 Å². The molecule has 3 heterocycles. The Labute approximate surface area is 111 Å². The van der Waals surface area contributed by atoms with Gasteiger partial charge in [0.1, 0.15) is 0 Å². The molecule has 0 fully saturated rings. The monoisotopic (exact) mass is 285 g/mol. The van der Waals surface area contributed by atoms with Gasteiger partial charge < -0.3 is 15.2 Å². The average molecular weight is 285 g/mol. The number of hydrogen-bond acceptors (Lipinski definition) is 6. The number of alkyl halides is 3. The molecule has 0 bridgehead atoms. The van der Waals surface area contributed by atoms with Crippen LogP contribution in [0.5, 0.6) is 0 Å². The molecule has 0 aromatic carbocycles. The summed E-state index contributed by atoms with van der Waals surface area (Å²) in [5.74, 6) is -0.323. The first-order chi connectivity index (χ1) is 9.45. The lowest BCUT2D eigenvalue weighted by Gasteiger charge is -2.27. The van der Waals surface area contributed by atoms with Gasteiger partial charge in [-0.25, -0.2) is 9.97 Å². The molecule has 10 heteroatoms. The lowest BCUT2D eigenvalue weighted by molar-refractivity contribution is -0.147. The molecule has 1 aliphatic heterocycles. The highest BCUT2D eigenvalue weighted by Gasteiger charge is 2.39.